The van der Waals surface area contributed by atoms with Crippen molar-refractivity contribution in [1.29, 1.82) is 0 Å². The predicted octanol–water partition coefficient (Wildman–Crippen LogP) is 4.24. The minimum absolute atomic E-state index is 0.0831. The molecule has 0 aliphatic heterocycles. The van der Waals surface area contributed by atoms with Crippen LogP contribution in [0.4, 0.5) is 12.9 Å². The Kier molecular flexibility index (Phi) is 4.37. The fourth-order valence-electron chi connectivity index (χ4n) is 2.15. The van der Waals surface area contributed by atoms with Crippen molar-refractivity contribution in [2.45, 2.75) is 12.8 Å². The molecule has 0 fully saturated rings. The van der Waals surface area contributed by atoms with E-state index in [1.807, 2.05) is 0 Å². The molecule has 0 aromatic heterocycles. The summed E-state index contributed by atoms with van der Waals surface area (Å²) in [5, 5.41) is 0.765. The lowest BCUT2D eigenvalue weighted by Gasteiger charge is -2.22. The molecule has 0 amide bonds. The third kappa shape index (κ3) is 3.15. The monoisotopic (exact) mass is 279 g/mol. The molecule has 5 heteroatoms. The van der Waals surface area contributed by atoms with Gasteiger partial charge in [0.2, 0.25) is 0 Å². The van der Waals surface area contributed by atoms with Gasteiger partial charge in [-0.1, -0.05) is 41.9 Å². The Balaban J connectivity index is 2.40. The molecule has 2 aromatic rings. The Morgan fingerprint density at radius 1 is 1.10 bits per heavy atom. The van der Waals surface area contributed by atoms with E-state index in [0.717, 1.165) is 6.42 Å². The molecule has 2 aromatic carbocycles. The lowest BCUT2D eigenvalue weighted by atomic mass is 9.76. The summed E-state index contributed by atoms with van der Waals surface area (Å²) in [6.07, 6.45) is 3.10. The highest BCUT2D eigenvalue weighted by Gasteiger charge is 2.31. The van der Waals surface area contributed by atoms with Gasteiger partial charge in [0.15, 0.2) is 0 Å². The summed E-state index contributed by atoms with van der Waals surface area (Å²) < 4.78 is 45.3. The Hall–Kier alpha value is -1.91. The van der Waals surface area contributed by atoms with Crippen LogP contribution in [0, 0.1) is 0 Å². The number of allylic oxidation sites excluding steroid dienone is 1. The molecule has 20 heavy (non-hydrogen) atoms. The van der Waals surface area contributed by atoms with Crippen LogP contribution in [0.5, 0.6) is 5.75 Å². The van der Waals surface area contributed by atoms with Crippen LogP contribution < -0.4 is 10.2 Å². The Bertz CT molecular complexity index is 608. The molecule has 0 saturated carbocycles. The van der Waals surface area contributed by atoms with Gasteiger partial charge in [0.1, 0.15) is 0 Å². The minimum atomic E-state index is -5.12. The van der Waals surface area contributed by atoms with E-state index in [0.29, 0.717) is 11.8 Å². The summed E-state index contributed by atoms with van der Waals surface area (Å²) in [7, 11) is 0. The van der Waals surface area contributed by atoms with Crippen LogP contribution in [0.15, 0.2) is 49.1 Å². The Morgan fingerprint density at radius 3 is 2.55 bits per heavy atom. The molecular formula is C15H15BF3O-. The van der Waals surface area contributed by atoms with Crippen LogP contribution in [0.3, 0.4) is 0 Å². The quantitative estimate of drug-likeness (QED) is 0.436. The van der Waals surface area contributed by atoms with E-state index < -0.39 is 12.4 Å². The van der Waals surface area contributed by atoms with E-state index in [4.69, 9.17) is 4.74 Å². The van der Waals surface area contributed by atoms with Gasteiger partial charge in [0.05, 0.1) is 12.4 Å². The van der Waals surface area contributed by atoms with E-state index in [1.165, 1.54) is 12.1 Å². The average Bonchev–Trinajstić information content (AvgIpc) is 2.41. The van der Waals surface area contributed by atoms with Crippen molar-refractivity contribution in [3.63, 3.8) is 0 Å². The molecule has 0 saturated heterocycles. The summed E-state index contributed by atoms with van der Waals surface area (Å²) in [5.41, 5.74) is -0.637. The van der Waals surface area contributed by atoms with Crippen molar-refractivity contribution in [2.75, 3.05) is 6.61 Å². The zero-order valence-corrected chi connectivity index (χ0v) is 11.0. The molecular weight excluding hydrogens is 264 g/mol. The fourth-order valence-corrected chi connectivity index (χ4v) is 2.15. The SMILES string of the molecule is C=CCCCOc1ccc2ccccc2c1[B-](F)(F)F. The summed E-state index contributed by atoms with van der Waals surface area (Å²) in [5.74, 6) is -0.0831. The van der Waals surface area contributed by atoms with Crippen LogP contribution in [0.2, 0.25) is 0 Å². The van der Waals surface area contributed by atoms with Crippen LogP contribution in [-0.4, -0.2) is 13.6 Å². The highest BCUT2D eigenvalue weighted by atomic mass is 19.4. The van der Waals surface area contributed by atoms with E-state index in [9.17, 15) is 12.9 Å². The van der Waals surface area contributed by atoms with Crippen molar-refractivity contribution < 1.29 is 17.7 Å². The number of halogens is 3. The smallest absolute Gasteiger partial charge is 0.497 e. The van der Waals surface area contributed by atoms with E-state index in [2.05, 4.69) is 6.58 Å². The first-order chi connectivity index (χ1) is 9.54. The largest absolute Gasteiger partial charge is 0.513 e. The van der Waals surface area contributed by atoms with Crippen molar-refractivity contribution in [2.24, 2.45) is 0 Å². The zero-order chi connectivity index (χ0) is 14.6. The van der Waals surface area contributed by atoms with E-state index >= 15 is 0 Å². The standard InChI is InChI=1S/C15H15BF3O/c1-2-3-6-11-20-14-10-9-12-7-4-5-8-13(12)15(14)16(17,18)19/h2,4-5,7-10H,1,3,6,11H2/q-1. The minimum Gasteiger partial charge on any atom is -0.497 e. The number of hydrogen-bond donors (Lipinski definition) is 0. The summed E-state index contributed by atoms with van der Waals surface area (Å²) >= 11 is 0. The fraction of sp³-hybridized carbons (Fsp3) is 0.200. The summed E-state index contributed by atoms with van der Waals surface area (Å²) in [4.78, 5) is 0. The maximum atomic E-state index is 13.3. The van der Waals surface area contributed by atoms with Gasteiger partial charge >= 0.3 is 6.98 Å². The molecule has 0 heterocycles. The molecule has 0 atom stereocenters. The van der Waals surface area contributed by atoms with E-state index in [1.54, 1.807) is 30.3 Å². The maximum Gasteiger partial charge on any atom is 0.513 e. The van der Waals surface area contributed by atoms with Crippen molar-refractivity contribution in [3.05, 3.63) is 49.1 Å². The summed E-state index contributed by atoms with van der Waals surface area (Å²) in [6.45, 7) is -1.30. The third-order valence-electron chi connectivity index (χ3n) is 3.07. The van der Waals surface area contributed by atoms with Gasteiger partial charge in [0.25, 0.3) is 0 Å². The topological polar surface area (TPSA) is 9.23 Å². The average molecular weight is 279 g/mol. The maximum absolute atomic E-state index is 13.3. The normalized spacial score (nSPS) is 11.6. The number of unbranched alkanes of at least 4 members (excludes halogenated alkanes) is 1. The van der Waals surface area contributed by atoms with Crippen molar-refractivity contribution >= 4 is 23.2 Å². The van der Waals surface area contributed by atoms with Gasteiger partial charge in [-0.3, -0.25) is 0 Å². The van der Waals surface area contributed by atoms with Crippen LogP contribution >= 0.6 is 0 Å². The second-order valence-corrected chi connectivity index (χ2v) is 4.55. The second-order valence-electron chi connectivity index (χ2n) is 4.55. The first-order valence-electron chi connectivity index (χ1n) is 6.49. The van der Waals surface area contributed by atoms with E-state index in [-0.39, 0.29) is 17.7 Å². The van der Waals surface area contributed by atoms with Crippen LogP contribution in [-0.2, 0) is 0 Å². The van der Waals surface area contributed by atoms with Crippen molar-refractivity contribution in [3.8, 4) is 5.75 Å². The number of hydrogen-bond acceptors (Lipinski definition) is 1. The van der Waals surface area contributed by atoms with Crippen molar-refractivity contribution in [1.82, 2.24) is 0 Å². The Labute approximate surface area is 116 Å². The Morgan fingerprint density at radius 2 is 1.85 bits per heavy atom. The zero-order valence-electron chi connectivity index (χ0n) is 11.0. The molecule has 0 aliphatic rings. The molecule has 0 spiro atoms. The molecule has 1 nitrogen and oxygen atoms in total. The number of rotatable bonds is 6. The molecule has 0 aliphatic carbocycles. The number of benzene rings is 2. The van der Waals surface area contributed by atoms with Gasteiger partial charge in [0, 0.05) is 0 Å². The highest BCUT2D eigenvalue weighted by molar-refractivity contribution is 6.76. The van der Waals surface area contributed by atoms with Gasteiger partial charge in [-0.2, -0.15) is 0 Å². The first-order valence-corrected chi connectivity index (χ1v) is 6.49. The number of ether oxygens (including phenoxy) is 1. The molecule has 0 unspecified atom stereocenters. The van der Waals surface area contributed by atoms with Crippen LogP contribution in [0.1, 0.15) is 12.8 Å². The molecule has 106 valence electrons. The highest BCUT2D eigenvalue weighted by Crippen LogP contribution is 2.25. The van der Waals surface area contributed by atoms with Crippen LogP contribution in [0.25, 0.3) is 10.8 Å². The number of fused-ring (bicyclic) bond motifs is 1. The molecule has 0 radical (unpaired) electrons. The molecule has 0 N–H and O–H groups in total. The van der Waals surface area contributed by atoms with Gasteiger partial charge in [-0.05, 0) is 29.7 Å². The first kappa shape index (κ1) is 14.5. The lowest BCUT2D eigenvalue weighted by molar-refractivity contribution is 0.313. The summed E-state index contributed by atoms with van der Waals surface area (Å²) in [6, 6.07) is 9.54. The second kappa shape index (κ2) is 6.03. The lowest BCUT2D eigenvalue weighted by Crippen LogP contribution is -2.36. The molecule has 2 rings (SSSR count). The van der Waals surface area contributed by atoms with Gasteiger partial charge in [-0.25, -0.2) is 0 Å². The third-order valence-corrected chi connectivity index (χ3v) is 3.07. The van der Waals surface area contributed by atoms with Gasteiger partial charge < -0.3 is 17.7 Å². The van der Waals surface area contributed by atoms with Gasteiger partial charge in [-0.15, -0.1) is 6.58 Å². The predicted molar refractivity (Wildman–Crippen MR) is 77.6 cm³/mol. The molecule has 0 bridgehead atoms.